The van der Waals surface area contributed by atoms with E-state index in [1.54, 1.807) is 25.7 Å². The van der Waals surface area contributed by atoms with Crippen LogP contribution in [0.25, 0.3) is 0 Å². The standard InChI is InChI=1S/C20H24N4O/c1-23(2)19(25)17-7-8-18(22-21-17)24-13-11-20(12-14-24)10-9-15-5-3-4-6-16(15)20/h3-8H,9-14H2,1-2H3. The molecule has 1 aromatic heterocycles. The number of benzene rings is 1. The van der Waals surface area contributed by atoms with Crippen molar-refractivity contribution in [2.24, 2.45) is 0 Å². The molecular weight excluding hydrogens is 312 g/mol. The third-order valence-electron chi connectivity index (χ3n) is 5.78. The van der Waals surface area contributed by atoms with E-state index < -0.39 is 0 Å². The molecule has 2 heterocycles. The Morgan fingerprint density at radius 3 is 2.48 bits per heavy atom. The third-order valence-corrected chi connectivity index (χ3v) is 5.78. The molecular formula is C20H24N4O. The monoisotopic (exact) mass is 336 g/mol. The zero-order chi connectivity index (χ0) is 17.4. The van der Waals surface area contributed by atoms with E-state index in [9.17, 15) is 4.79 Å². The molecule has 1 amide bonds. The minimum atomic E-state index is -0.112. The van der Waals surface area contributed by atoms with E-state index in [2.05, 4.69) is 39.4 Å². The lowest BCUT2D eigenvalue weighted by molar-refractivity contribution is 0.0821. The fraction of sp³-hybridized carbons (Fsp3) is 0.450. The maximum Gasteiger partial charge on any atom is 0.273 e. The Labute approximate surface area is 148 Å². The van der Waals surface area contributed by atoms with Crippen LogP contribution in [-0.4, -0.2) is 48.2 Å². The van der Waals surface area contributed by atoms with Crippen LogP contribution in [0.5, 0.6) is 0 Å². The Bertz CT molecular complexity index is 777. The molecule has 1 fully saturated rings. The van der Waals surface area contributed by atoms with Gasteiger partial charge in [-0.05, 0) is 54.4 Å². The van der Waals surface area contributed by atoms with Gasteiger partial charge in [-0.15, -0.1) is 10.2 Å². The van der Waals surface area contributed by atoms with Crippen LogP contribution in [0.4, 0.5) is 5.82 Å². The smallest absolute Gasteiger partial charge is 0.273 e. The van der Waals surface area contributed by atoms with Crippen LogP contribution < -0.4 is 4.90 Å². The van der Waals surface area contributed by atoms with Crippen molar-refractivity contribution in [3.05, 3.63) is 53.2 Å². The first kappa shape index (κ1) is 16.1. The number of aryl methyl sites for hydroxylation is 1. The van der Waals surface area contributed by atoms with Crippen molar-refractivity contribution in [3.8, 4) is 0 Å². The van der Waals surface area contributed by atoms with E-state index in [1.807, 2.05) is 6.07 Å². The highest BCUT2D eigenvalue weighted by molar-refractivity contribution is 5.91. The van der Waals surface area contributed by atoms with Crippen LogP contribution in [0.3, 0.4) is 0 Å². The summed E-state index contributed by atoms with van der Waals surface area (Å²) in [5.41, 5.74) is 3.84. The summed E-state index contributed by atoms with van der Waals surface area (Å²) in [5.74, 6) is 0.760. The summed E-state index contributed by atoms with van der Waals surface area (Å²) in [7, 11) is 3.45. The van der Waals surface area contributed by atoms with Gasteiger partial charge in [0.05, 0.1) is 0 Å². The fourth-order valence-electron chi connectivity index (χ4n) is 4.28. The molecule has 0 saturated carbocycles. The topological polar surface area (TPSA) is 49.3 Å². The minimum absolute atomic E-state index is 0.112. The molecule has 4 rings (SSSR count). The average molecular weight is 336 g/mol. The number of amides is 1. The second-order valence-electron chi connectivity index (χ2n) is 7.40. The molecule has 2 aromatic rings. The van der Waals surface area contributed by atoms with Gasteiger partial charge in [-0.2, -0.15) is 0 Å². The van der Waals surface area contributed by atoms with Crippen molar-refractivity contribution >= 4 is 11.7 Å². The Hall–Kier alpha value is -2.43. The first-order chi connectivity index (χ1) is 12.1. The van der Waals surface area contributed by atoms with E-state index in [0.717, 1.165) is 31.7 Å². The van der Waals surface area contributed by atoms with E-state index >= 15 is 0 Å². The summed E-state index contributed by atoms with van der Waals surface area (Å²) in [4.78, 5) is 15.7. The predicted octanol–water partition coefficient (Wildman–Crippen LogP) is 2.66. The largest absolute Gasteiger partial charge is 0.355 e. The summed E-state index contributed by atoms with van der Waals surface area (Å²) >= 11 is 0. The lowest BCUT2D eigenvalue weighted by Crippen LogP contribution is -2.42. The molecule has 0 atom stereocenters. The van der Waals surface area contributed by atoms with Gasteiger partial charge in [0, 0.05) is 27.2 Å². The van der Waals surface area contributed by atoms with Crippen molar-refractivity contribution in [2.75, 3.05) is 32.1 Å². The molecule has 1 aromatic carbocycles. The maximum absolute atomic E-state index is 11.9. The van der Waals surface area contributed by atoms with Gasteiger partial charge in [0.2, 0.25) is 0 Å². The zero-order valence-corrected chi connectivity index (χ0v) is 14.9. The number of piperidine rings is 1. The summed E-state index contributed by atoms with van der Waals surface area (Å²) in [6, 6.07) is 12.6. The van der Waals surface area contributed by atoms with E-state index in [1.165, 1.54) is 23.3 Å². The Kier molecular flexibility index (Phi) is 3.94. The summed E-state index contributed by atoms with van der Waals surface area (Å²) in [6.45, 7) is 1.98. The normalized spacial score (nSPS) is 18.2. The summed E-state index contributed by atoms with van der Waals surface area (Å²) < 4.78 is 0. The molecule has 0 bridgehead atoms. The van der Waals surface area contributed by atoms with Gasteiger partial charge >= 0.3 is 0 Å². The number of rotatable bonds is 2. The van der Waals surface area contributed by atoms with Gasteiger partial charge in [-0.3, -0.25) is 4.79 Å². The number of hydrogen-bond donors (Lipinski definition) is 0. The molecule has 1 spiro atoms. The van der Waals surface area contributed by atoms with Gasteiger partial charge in [-0.1, -0.05) is 24.3 Å². The highest BCUT2D eigenvalue weighted by atomic mass is 16.2. The minimum Gasteiger partial charge on any atom is -0.355 e. The Morgan fingerprint density at radius 2 is 1.80 bits per heavy atom. The van der Waals surface area contributed by atoms with Crippen LogP contribution in [-0.2, 0) is 11.8 Å². The number of hydrogen-bond acceptors (Lipinski definition) is 4. The SMILES string of the molecule is CN(C)C(=O)c1ccc(N2CCC3(CCc4ccccc43)CC2)nn1. The number of carbonyl (C=O) groups is 1. The van der Waals surface area contributed by atoms with Crippen LogP contribution in [0, 0.1) is 0 Å². The fourth-order valence-corrected chi connectivity index (χ4v) is 4.28. The summed E-state index contributed by atoms with van der Waals surface area (Å²) in [6.07, 6.45) is 4.79. The van der Waals surface area contributed by atoms with Crippen molar-refractivity contribution in [1.29, 1.82) is 0 Å². The van der Waals surface area contributed by atoms with E-state index in [0.29, 0.717) is 11.1 Å². The molecule has 130 valence electrons. The lowest BCUT2D eigenvalue weighted by atomic mass is 9.74. The second kappa shape index (κ2) is 6.14. The van der Waals surface area contributed by atoms with Crippen molar-refractivity contribution in [3.63, 3.8) is 0 Å². The first-order valence-corrected chi connectivity index (χ1v) is 8.98. The van der Waals surface area contributed by atoms with Crippen LogP contribution in [0.1, 0.15) is 40.9 Å². The lowest BCUT2D eigenvalue weighted by Gasteiger charge is -2.40. The average Bonchev–Trinajstić information content (AvgIpc) is 3.01. The molecule has 0 unspecified atom stereocenters. The van der Waals surface area contributed by atoms with Crippen molar-refractivity contribution in [2.45, 2.75) is 31.1 Å². The first-order valence-electron chi connectivity index (χ1n) is 8.98. The van der Waals surface area contributed by atoms with Gasteiger partial charge < -0.3 is 9.80 Å². The van der Waals surface area contributed by atoms with Crippen LogP contribution in [0.2, 0.25) is 0 Å². The molecule has 1 saturated heterocycles. The van der Waals surface area contributed by atoms with Gasteiger partial charge in [0.25, 0.3) is 5.91 Å². The number of nitrogens with zero attached hydrogens (tertiary/aromatic N) is 4. The number of anilines is 1. The van der Waals surface area contributed by atoms with E-state index in [-0.39, 0.29) is 5.91 Å². The molecule has 25 heavy (non-hydrogen) atoms. The molecule has 1 aliphatic carbocycles. The Morgan fingerprint density at radius 1 is 1.04 bits per heavy atom. The molecule has 2 aliphatic rings. The molecule has 0 radical (unpaired) electrons. The number of carbonyl (C=O) groups excluding carboxylic acids is 1. The molecule has 0 N–H and O–H groups in total. The maximum atomic E-state index is 11.9. The highest BCUT2D eigenvalue weighted by Gasteiger charge is 2.41. The quantitative estimate of drug-likeness (QED) is 0.846. The molecule has 1 aliphatic heterocycles. The Balaban J connectivity index is 1.47. The third kappa shape index (κ3) is 2.77. The second-order valence-corrected chi connectivity index (χ2v) is 7.40. The number of fused-ring (bicyclic) bond motifs is 2. The number of aromatic nitrogens is 2. The van der Waals surface area contributed by atoms with Gasteiger partial charge in [0.1, 0.15) is 0 Å². The van der Waals surface area contributed by atoms with Crippen LogP contribution in [0.15, 0.2) is 36.4 Å². The predicted molar refractivity (Wildman–Crippen MR) is 97.9 cm³/mol. The van der Waals surface area contributed by atoms with Crippen molar-refractivity contribution < 1.29 is 4.79 Å². The highest BCUT2D eigenvalue weighted by Crippen LogP contribution is 2.46. The molecule has 5 nitrogen and oxygen atoms in total. The van der Waals surface area contributed by atoms with Gasteiger partial charge in [-0.25, -0.2) is 0 Å². The molecule has 5 heteroatoms. The van der Waals surface area contributed by atoms with E-state index in [4.69, 9.17) is 0 Å². The van der Waals surface area contributed by atoms with Crippen molar-refractivity contribution in [1.82, 2.24) is 15.1 Å². The zero-order valence-electron chi connectivity index (χ0n) is 14.9. The van der Waals surface area contributed by atoms with Crippen LogP contribution >= 0.6 is 0 Å². The van der Waals surface area contributed by atoms with Gasteiger partial charge in [0.15, 0.2) is 11.5 Å². The summed E-state index contributed by atoms with van der Waals surface area (Å²) in [5, 5.41) is 8.41.